The molecule has 0 bridgehead atoms. The van der Waals surface area contributed by atoms with Crippen LogP contribution >= 0.6 is 0 Å². The average Bonchev–Trinajstić information content (AvgIpc) is 3.10. The molecule has 0 aliphatic heterocycles. The van der Waals surface area contributed by atoms with Gasteiger partial charge in [0.25, 0.3) is 5.91 Å². The van der Waals surface area contributed by atoms with Crippen LogP contribution in [0.3, 0.4) is 0 Å². The number of nitrogens with one attached hydrogen (secondary N) is 2. The molecule has 1 heterocycles. The first kappa shape index (κ1) is 16.4. The monoisotopic (exact) mass is 328 g/mol. The zero-order chi connectivity index (χ0) is 16.8. The van der Waals surface area contributed by atoms with Crippen LogP contribution in [0.15, 0.2) is 36.4 Å². The molecule has 1 saturated carbocycles. The highest BCUT2D eigenvalue weighted by Crippen LogP contribution is 2.18. The van der Waals surface area contributed by atoms with Crippen LogP contribution in [0.4, 0.5) is 10.2 Å². The van der Waals surface area contributed by atoms with E-state index in [0.717, 1.165) is 12.8 Å². The number of halogens is 1. The van der Waals surface area contributed by atoms with Gasteiger partial charge in [0.05, 0.1) is 0 Å². The smallest absolute Gasteiger partial charge is 0.272 e. The molecule has 1 fully saturated rings. The minimum Gasteiger partial charge on any atom is -0.368 e. The number of hydrogen-bond acceptors (Lipinski definition) is 4. The van der Waals surface area contributed by atoms with Gasteiger partial charge in [-0.2, -0.15) is 0 Å². The topological polar surface area (TPSA) is 66.9 Å². The summed E-state index contributed by atoms with van der Waals surface area (Å²) in [5, 5.41) is 14.0. The van der Waals surface area contributed by atoms with Gasteiger partial charge in [0.15, 0.2) is 5.69 Å². The first-order valence-corrected chi connectivity index (χ1v) is 8.34. The van der Waals surface area contributed by atoms with Gasteiger partial charge in [-0.25, -0.2) is 4.39 Å². The summed E-state index contributed by atoms with van der Waals surface area (Å²) in [4.78, 5) is 12.1. The molecule has 3 rings (SSSR count). The van der Waals surface area contributed by atoms with E-state index in [4.69, 9.17) is 0 Å². The number of rotatable bonds is 6. The number of amides is 1. The Balaban J connectivity index is 1.49. The van der Waals surface area contributed by atoms with Crippen LogP contribution < -0.4 is 10.6 Å². The molecule has 1 amide bonds. The van der Waals surface area contributed by atoms with Crippen LogP contribution in [0.2, 0.25) is 0 Å². The Morgan fingerprint density at radius 3 is 2.62 bits per heavy atom. The van der Waals surface area contributed by atoms with Gasteiger partial charge < -0.3 is 10.6 Å². The van der Waals surface area contributed by atoms with E-state index in [1.165, 1.54) is 18.9 Å². The van der Waals surface area contributed by atoms with Gasteiger partial charge in [-0.15, -0.1) is 10.2 Å². The molecule has 2 aromatic rings. The zero-order valence-corrected chi connectivity index (χ0v) is 13.5. The maximum absolute atomic E-state index is 13.5. The van der Waals surface area contributed by atoms with Crippen molar-refractivity contribution >= 4 is 11.7 Å². The molecule has 1 aromatic heterocycles. The number of hydrogen-bond donors (Lipinski definition) is 2. The summed E-state index contributed by atoms with van der Waals surface area (Å²) in [5.74, 6) is 0.195. The molecule has 0 unspecified atom stereocenters. The fourth-order valence-corrected chi connectivity index (χ4v) is 2.90. The van der Waals surface area contributed by atoms with Crippen LogP contribution in [-0.4, -0.2) is 28.7 Å². The normalized spacial score (nSPS) is 14.5. The van der Waals surface area contributed by atoms with Crippen LogP contribution in [0, 0.1) is 5.82 Å². The number of anilines is 1. The zero-order valence-electron chi connectivity index (χ0n) is 13.5. The van der Waals surface area contributed by atoms with Gasteiger partial charge >= 0.3 is 0 Å². The van der Waals surface area contributed by atoms with Gasteiger partial charge in [0, 0.05) is 12.6 Å². The maximum Gasteiger partial charge on any atom is 0.272 e. The molecule has 24 heavy (non-hydrogen) atoms. The first-order chi connectivity index (χ1) is 11.7. The lowest BCUT2D eigenvalue weighted by Gasteiger charge is -2.11. The Bertz CT molecular complexity index is 684. The van der Waals surface area contributed by atoms with E-state index in [-0.39, 0.29) is 17.8 Å². The van der Waals surface area contributed by atoms with Crippen LogP contribution in [-0.2, 0) is 6.42 Å². The lowest BCUT2D eigenvalue weighted by Crippen LogP contribution is -2.33. The predicted molar refractivity (Wildman–Crippen MR) is 90.3 cm³/mol. The second-order valence-corrected chi connectivity index (χ2v) is 6.03. The summed E-state index contributed by atoms with van der Waals surface area (Å²) in [5.41, 5.74) is 0.979. The van der Waals surface area contributed by atoms with Gasteiger partial charge in [-0.05, 0) is 43.0 Å². The molecule has 0 saturated heterocycles. The Hall–Kier alpha value is -2.50. The third-order valence-electron chi connectivity index (χ3n) is 4.25. The number of carbonyl (C=O) groups excluding carboxylic acids is 1. The summed E-state index contributed by atoms with van der Waals surface area (Å²) in [7, 11) is 0. The quantitative estimate of drug-likeness (QED) is 0.855. The van der Waals surface area contributed by atoms with Crippen molar-refractivity contribution in [3.8, 4) is 0 Å². The fourth-order valence-electron chi connectivity index (χ4n) is 2.90. The Labute approximate surface area is 140 Å². The minimum atomic E-state index is -0.204. The highest BCUT2D eigenvalue weighted by Gasteiger charge is 2.18. The Morgan fingerprint density at radius 2 is 1.92 bits per heavy atom. The largest absolute Gasteiger partial charge is 0.368 e. The van der Waals surface area contributed by atoms with Crippen molar-refractivity contribution in [3.05, 3.63) is 53.5 Å². The van der Waals surface area contributed by atoms with Crippen molar-refractivity contribution in [1.82, 2.24) is 15.5 Å². The van der Waals surface area contributed by atoms with Gasteiger partial charge in [-0.1, -0.05) is 31.0 Å². The molecule has 0 radical (unpaired) electrons. The summed E-state index contributed by atoms with van der Waals surface area (Å²) < 4.78 is 13.5. The lowest BCUT2D eigenvalue weighted by molar-refractivity contribution is 0.0932. The van der Waals surface area contributed by atoms with Crippen molar-refractivity contribution in [2.75, 3.05) is 11.9 Å². The molecule has 0 atom stereocenters. The molecule has 2 N–H and O–H groups in total. The SMILES string of the molecule is O=C(NC1CCCC1)c1ccc(NCCc2ccccc2F)nn1. The van der Waals surface area contributed by atoms with Crippen molar-refractivity contribution in [1.29, 1.82) is 0 Å². The summed E-state index contributed by atoms with van der Waals surface area (Å²) >= 11 is 0. The van der Waals surface area contributed by atoms with Crippen molar-refractivity contribution in [3.63, 3.8) is 0 Å². The maximum atomic E-state index is 13.5. The second-order valence-electron chi connectivity index (χ2n) is 6.03. The molecule has 0 spiro atoms. The average molecular weight is 328 g/mol. The van der Waals surface area contributed by atoms with E-state index in [0.29, 0.717) is 30.0 Å². The lowest BCUT2D eigenvalue weighted by atomic mass is 10.1. The Morgan fingerprint density at radius 1 is 1.12 bits per heavy atom. The van der Waals surface area contributed by atoms with Crippen molar-refractivity contribution in [2.45, 2.75) is 38.1 Å². The number of carbonyl (C=O) groups is 1. The predicted octanol–water partition coefficient (Wildman–Crippen LogP) is 2.94. The van der Waals surface area contributed by atoms with E-state index in [1.54, 1.807) is 24.3 Å². The molecule has 5 nitrogen and oxygen atoms in total. The van der Waals surface area contributed by atoms with E-state index in [9.17, 15) is 9.18 Å². The molecule has 1 aliphatic rings. The molecule has 1 aliphatic carbocycles. The van der Waals surface area contributed by atoms with Crippen LogP contribution in [0.1, 0.15) is 41.7 Å². The van der Waals surface area contributed by atoms with Gasteiger partial charge in [0.2, 0.25) is 0 Å². The first-order valence-electron chi connectivity index (χ1n) is 8.34. The van der Waals surface area contributed by atoms with E-state index in [2.05, 4.69) is 20.8 Å². The van der Waals surface area contributed by atoms with Gasteiger partial charge in [0.1, 0.15) is 11.6 Å². The molecular formula is C18H21FN4O. The van der Waals surface area contributed by atoms with Crippen LogP contribution in [0.5, 0.6) is 0 Å². The summed E-state index contributed by atoms with van der Waals surface area (Å²) in [6, 6.07) is 10.3. The van der Waals surface area contributed by atoms with E-state index >= 15 is 0 Å². The molecule has 126 valence electrons. The number of aromatic nitrogens is 2. The Kier molecular flexibility index (Phi) is 5.36. The van der Waals surface area contributed by atoms with Crippen LogP contribution in [0.25, 0.3) is 0 Å². The summed E-state index contributed by atoms with van der Waals surface area (Å²) in [6.45, 7) is 0.545. The summed E-state index contributed by atoms with van der Waals surface area (Å²) in [6.07, 6.45) is 4.96. The third-order valence-corrected chi connectivity index (χ3v) is 4.25. The third kappa shape index (κ3) is 4.28. The standard InChI is InChI=1S/C18H21FN4O/c19-15-8-4-1-5-13(15)11-12-20-17-10-9-16(22-23-17)18(24)21-14-6-2-3-7-14/h1,4-5,8-10,14H,2-3,6-7,11-12H2,(H,20,23)(H,21,24). The second kappa shape index (κ2) is 7.86. The highest BCUT2D eigenvalue weighted by molar-refractivity contribution is 5.92. The number of nitrogens with zero attached hydrogens (tertiary/aromatic N) is 2. The number of benzene rings is 1. The van der Waals surface area contributed by atoms with E-state index in [1.807, 2.05) is 6.07 Å². The molecular weight excluding hydrogens is 307 g/mol. The minimum absolute atomic E-state index is 0.174. The fraction of sp³-hybridized carbons (Fsp3) is 0.389. The molecule has 6 heteroatoms. The van der Waals surface area contributed by atoms with Crippen molar-refractivity contribution in [2.24, 2.45) is 0 Å². The highest BCUT2D eigenvalue weighted by atomic mass is 19.1. The van der Waals surface area contributed by atoms with Gasteiger partial charge in [-0.3, -0.25) is 4.79 Å². The van der Waals surface area contributed by atoms with Crippen molar-refractivity contribution < 1.29 is 9.18 Å². The molecule has 1 aromatic carbocycles. The van der Waals surface area contributed by atoms with E-state index < -0.39 is 0 Å².